The van der Waals surface area contributed by atoms with E-state index in [0.717, 1.165) is 42.9 Å². The maximum atomic E-state index is 14.5. The number of nitrogens with one attached hydrogen (secondary N) is 1. The van der Waals surface area contributed by atoms with E-state index in [1.807, 2.05) is 4.90 Å². The molecule has 0 spiro atoms. The number of hydrogen-bond acceptors (Lipinski definition) is 2. The summed E-state index contributed by atoms with van der Waals surface area (Å²) in [6.07, 6.45) is 3.64. The Morgan fingerprint density at radius 2 is 1.78 bits per heavy atom. The number of fused-ring (bicyclic) bond motifs is 1. The Morgan fingerprint density at radius 3 is 2.47 bits per heavy atom. The second kappa shape index (κ2) is 8.62. The summed E-state index contributed by atoms with van der Waals surface area (Å²) in [6.45, 7) is 1.95. The first-order valence-corrected chi connectivity index (χ1v) is 11.2. The van der Waals surface area contributed by atoms with E-state index < -0.39 is 11.6 Å². The van der Waals surface area contributed by atoms with E-state index in [1.165, 1.54) is 18.2 Å². The van der Waals surface area contributed by atoms with Crippen molar-refractivity contribution >= 4 is 16.8 Å². The lowest BCUT2D eigenvalue weighted by molar-refractivity contribution is -0.142. The largest absolute Gasteiger partial charge is 0.368 e. The van der Waals surface area contributed by atoms with Crippen molar-refractivity contribution in [2.45, 2.75) is 38.2 Å². The molecule has 0 radical (unpaired) electrons. The first-order valence-electron chi connectivity index (χ1n) is 11.2. The van der Waals surface area contributed by atoms with Gasteiger partial charge in [0.2, 0.25) is 0 Å². The predicted octanol–water partition coefficient (Wildman–Crippen LogP) is 5.21. The summed E-state index contributed by atoms with van der Waals surface area (Å²) >= 11 is 0. The van der Waals surface area contributed by atoms with Crippen molar-refractivity contribution in [3.8, 4) is 11.3 Å². The molecule has 2 saturated heterocycles. The maximum Gasteiger partial charge on any atom is 0.251 e. The number of piperidine rings is 1. The molecule has 2 fully saturated rings. The van der Waals surface area contributed by atoms with Crippen molar-refractivity contribution in [2.75, 3.05) is 19.7 Å². The highest BCUT2D eigenvalue weighted by molar-refractivity contribution is 5.91. The van der Waals surface area contributed by atoms with Gasteiger partial charge in [-0.2, -0.15) is 0 Å². The molecule has 1 unspecified atom stereocenters. The van der Waals surface area contributed by atoms with Gasteiger partial charge in [0.15, 0.2) is 0 Å². The fourth-order valence-electron chi connectivity index (χ4n) is 4.97. The highest BCUT2D eigenvalue weighted by Crippen LogP contribution is 2.36. The summed E-state index contributed by atoms with van der Waals surface area (Å²) < 4.78 is 47.5. The molecule has 168 valence electrons. The van der Waals surface area contributed by atoms with Gasteiger partial charge in [-0.15, -0.1) is 0 Å². The average Bonchev–Trinajstić information content (AvgIpc) is 3.44. The topological polar surface area (TPSA) is 45.3 Å². The Bertz CT molecular complexity index is 1130. The fraction of sp³-hybridized carbons (Fsp3) is 0.400. The molecule has 0 saturated carbocycles. The van der Waals surface area contributed by atoms with Crippen LogP contribution in [0.1, 0.15) is 31.2 Å². The zero-order chi connectivity index (χ0) is 22.2. The zero-order valence-corrected chi connectivity index (χ0v) is 17.7. The number of carbonyl (C=O) groups is 1. The molecular weight excluding hydrogens is 417 g/mol. The van der Waals surface area contributed by atoms with Crippen molar-refractivity contribution in [1.82, 2.24) is 9.88 Å². The molecule has 1 atom stereocenters. The normalized spacial score (nSPS) is 19.7. The number of halogens is 3. The third kappa shape index (κ3) is 4.01. The molecule has 0 bridgehead atoms. The van der Waals surface area contributed by atoms with Crippen LogP contribution in [0, 0.1) is 23.4 Å². The van der Waals surface area contributed by atoms with Crippen LogP contribution in [-0.4, -0.2) is 41.6 Å². The number of aromatic amines is 1. The van der Waals surface area contributed by atoms with Gasteiger partial charge in [0, 0.05) is 36.8 Å². The lowest BCUT2D eigenvalue weighted by Crippen LogP contribution is -2.44. The summed E-state index contributed by atoms with van der Waals surface area (Å²) in [5.41, 5.74) is 2.49. The number of ether oxygens (including phenoxy) is 1. The standard InChI is InChI=1S/C25H25F3N2O2/c26-17-5-3-16(4-6-17)23-19(20-13-18(27)14-21(28)24(20)29-23)12-15-7-9-30(10-8-15)25(31)22-2-1-11-32-22/h3-6,13-15,22,29H,1-2,7-12H2. The third-order valence-corrected chi connectivity index (χ3v) is 6.69. The highest BCUT2D eigenvalue weighted by atomic mass is 19.1. The minimum atomic E-state index is -0.647. The van der Waals surface area contributed by atoms with E-state index in [-0.39, 0.29) is 29.3 Å². The van der Waals surface area contributed by atoms with E-state index in [0.29, 0.717) is 37.2 Å². The summed E-state index contributed by atoms with van der Waals surface area (Å²) in [4.78, 5) is 17.6. The average molecular weight is 442 g/mol. The Labute approximate surface area is 184 Å². The van der Waals surface area contributed by atoms with Crippen LogP contribution in [0.5, 0.6) is 0 Å². The van der Waals surface area contributed by atoms with Gasteiger partial charge in [-0.1, -0.05) is 0 Å². The summed E-state index contributed by atoms with van der Waals surface area (Å²) in [6, 6.07) is 8.22. The maximum absolute atomic E-state index is 14.5. The van der Waals surface area contributed by atoms with E-state index in [4.69, 9.17) is 4.74 Å². The monoisotopic (exact) mass is 442 g/mol. The van der Waals surface area contributed by atoms with Crippen LogP contribution < -0.4 is 0 Å². The minimum absolute atomic E-state index is 0.0733. The van der Waals surface area contributed by atoms with Crippen molar-refractivity contribution in [2.24, 2.45) is 5.92 Å². The second-order valence-corrected chi connectivity index (χ2v) is 8.77. The fourth-order valence-corrected chi connectivity index (χ4v) is 4.97. The number of nitrogens with zero attached hydrogens (tertiary/aromatic N) is 1. The van der Waals surface area contributed by atoms with Gasteiger partial charge >= 0.3 is 0 Å². The van der Waals surface area contributed by atoms with Gasteiger partial charge in [0.25, 0.3) is 5.91 Å². The van der Waals surface area contributed by atoms with Crippen LogP contribution in [0.4, 0.5) is 13.2 Å². The molecule has 7 heteroatoms. The molecule has 32 heavy (non-hydrogen) atoms. The molecule has 0 aliphatic carbocycles. The molecule has 2 aliphatic rings. The third-order valence-electron chi connectivity index (χ3n) is 6.69. The van der Waals surface area contributed by atoms with Crippen molar-refractivity contribution < 1.29 is 22.7 Å². The Kier molecular flexibility index (Phi) is 5.67. The number of benzene rings is 2. The van der Waals surface area contributed by atoms with Crippen molar-refractivity contribution in [3.63, 3.8) is 0 Å². The van der Waals surface area contributed by atoms with Gasteiger partial charge in [-0.25, -0.2) is 13.2 Å². The van der Waals surface area contributed by atoms with Gasteiger partial charge in [0.05, 0.1) is 5.52 Å². The van der Waals surface area contributed by atoms with Gasteiger partial charge in [-0.3, -0.25) is 4.79 Å². The quantitative estimate of drug-likeness (QED) is 0.603. The smallest absolute Gasteiger partial charge is 0.251 e. The van der Waals surface area contributed by atoms with Crippen molar-refractivity contribution in [1.29, 1.82) is 0 Å². The van der Waals surface area contributed by atoms with Crippen LogP contribution in [0.15, 0.2) is 36.4 Å². The van der Waals surface area contributed by atoms with E-state index in [1.54, 1.807) is 12.1 Å². The van der Waals surface area contributed by atoms with E-state index >= 15 is 0 Å². The molecule has 2 aromatic carbocycles. The van der Waals surface area contributed by atoms with Crippen LogP contribution in [-0.2, 0) is 16.0 Å². The van der Waals surface area contributed by atoms with Crippen LogP contribution in [0.2, 0.25) is 0 Å². The van der Waals surface area contributed by atoms with Gasteiger partial charge < -0.3 is 14.6 Å². The lowest BCUT2D eigenvalue weighted by Gasteiger charge is -2.33. The molecule has 5 rings (SSSR count). The van der Waals surface area contributed by atoms with E-state index in [2.05, 4.69) is 4.98 Å². The van der Waals surface area contributed by atoms with Crippen LogP contribution >= 0.6 is 0 Å². The number of rotatable bonds is 4. The number of H-pyrrole nitrogens is 1. The van der Waals surface area contributed by atoms with E-state index in [9.17, 15) is 18.0 Å². The number of hydrogen-bond donors (Lipinski definition) is 1. The second-order valence-electron chi connectivity index (χ2n) is 8.77. The summed E-state index contributed by atoms with van der Waals surface area (Å²) in [7, 11) is 0. The van der Waals surface area contributed by atoms with Crippen LogP contribution in [0.3, 0.4) is 0 Å². The molecule has 1 aromatic heterocycles. The molecule has 1 amide bonds. The van der Waals surface area contributed by atoms with Crippen LogP contribution in [0.25, 0.3) is 22.2 Å². The lowest BCUT2D eigenvalue weighted by atomic mass is 9.88. The molecule has 2 aliphatic heterocycles. The first-order chi connectivity index (χ1) is 15.5. The number of likely N-dealkylation sites (tertiary alicyclic amines) is 1. The molecule has 1 N–H and O–H groups in total. The number of aromatic nitrogens is 1. The Morgan fingerprint density at radius 1 is 1.03 bits per heavy atom. The summed E-state index contributed by atoms with van der Waals surface area (Å²) in [5, 5.41) is 0.514. The predicted molar refractivity (Wildman–Crippen MR) is 116 cm³/mol. The van der Waals surface area contributed by atoms with Gasteiger partial charge in [0.1, 0.15) is 23.6 Å². The molecule has 3 aromatic rings. The molecule has 4 nitrogen and oxygen atoms in total. The molecule has 3 heterocycles. The van der Waals surface area contributed by atoms with Crippen molar-refractivity contribution in [3.05, 3.63) is 59.4 Å². The highest BCUT2D eigenvalue weighted by Gasteiger charge is 2.31. The number of amides is 1. The first kappa shape index (κ1) is 21.1. The molecular formula is C25H25F3N2O2. The Balaban J connectivity index is 1.40. The number of carbonyl (C=O) groups excluding carboxylic acids is 1. The minimum Gasteiger partial charge on any atom is -0.368 e. The summed E-state index contributed by atoms with van der Waals surface area (Å²) in [5.74, 6) is -1.28. The van der Waals surface area contributed by atoms with Gasteiger partial charge in [-0.05, 0) is 79.5 Å². The SMILES string of the molecule is O=C(C1CCCO1)N1CCC(Cc2c(-c3ccc(F)cc3)[nH]c3c(F)cc(F)cc23)CC1. The zero-order valence-electron chi connectivity index (χ0n) is 17.7. The Hall–Kier alpha value is -2.80.